The molecular weight excluding hydrogens is 202 g/mol. The SMILES string of the molecule is C=CN1CCC(=O)C12C(F)(F)C2(F)F. The molecule has 1 spiro atoms. The van der Waals surface area contributed by atoms with E-state index in [1.807, 2.05) is 0 Å². The Balaban J connectivity index is 2.51. The number of hydrogen-bond acceptors (Lipinski definition) is 2. The van der Waals surface area contributed by atoms with Gasteiger partial charge in [0.15, 0.2) is 5.78 Å². The van der Waals surface area contributed by atoms with E-state index in [1.165, 1.54) is 0 Å². The van der Waals surface area contributed by atoms with E-state index in [9.17, 15) is 22.4 Å². The van der Waals surface area contributed by atoms with Gasteiger partial charge in [-0.3, -0.25) is 4.79 Å². The molecule has 78 valence electrons. The molecule has 0 unspecified atom stereocenters. The Labute approximate surface area is 77.2 Å². The van der Waals surface area contributed by atoms with Crippen molar-refractivity contribution >= 4 is 5.78 Å². The van der Waals surface area contributed by atoms with Crippen molar-refractivity contribution in [1.82, 2.24) is 4.90 Å². The van der Waals surface area contributed by atoms with Gasteiger partial charge in [0, 0.05) is 13.0 Å². The van der Waals surface area contributed by atoms with Crippen molar-refractivity contribution in [3.05, 3.63) is 12.8 Å². The fourth-order valence-corrected chi connectivity index (χ4v) is 2.07. The lowest BCUT2D eigenvalue weighted by molar-refractivity contribution is -0.124. The number of alkyl halides is 4. The Morgan fingerprint density at radius 3 is 2.07 bits per heavy atom. The van der Waals surface area contributed by atoms with Gasteiger partial charge in [0.05, 0.1) is 0 Å². The van der Waals surface area contributed by atoms with E-state index in [-0.39, 0.29) is 13.0 Å². The van der Waals surface area contributed by atoms with E-state index in [1.54, 1.807) is 0 Å². The quantitative estimate of drug-likeness (QED) is 0.609. The summed E-state index contributed by atoms with van der Waals surface area (Å²) in [5.74, 6) is -9.63. The highest BCUT2D eigenvalue weighted by atomic mass is 19.3. The van der Waals surface area contributed by atoms with E-state index in [0.29, 0.717) is 4.90 Å². The Morgan fingerprint density at radius 1 is 1.29 bits per heavy atom. The molecule has 2 rings (SSSR count). The van der Waals surface area contributed by atoms with Crippen molar-refractivity contribution in [3.8, 4) is 0 Å². The molecule has 2 nitrogen and oxygen atoms in total. The fraction of sp³-hybridized carbons (Fsp3) is 0.625. The number of Topliss-reactive ketones (excluding diaryl/α,β-unsaturated/α-hetero) is 1. The first-order chi connectivity index (χ1) is 6.34. The molecule has 0 amide bonds. The van der Waals surface area contributed by atoms with Crippen molar-refractivity contribution in [3.63, 3.8) is 0 Å². The van der Waals surface area contributed by atoms with Crippen molar-refractivity contribution in [1.29, 1.82) is 0 Å². The van der Waals surface area contributed by atoms with Crippen LogP contribution in [0, 0.1) is 0 Å². The Morgan fingerprint density at radius 2 is 1.79 bits per heavy atom. The molecule has 0 atom stereocenters. The van der Waals surface area contributed by atoms with Crippen LogP contribution in [0.15, 0.2) is 12.8 Å². The van der Waals surface area contributed by atoms with E-state index >= 15 is 0 Å². The summed E-state index contributed by atoms with van der Waals surface area (Å²) in [6, 6.07) is 0. The summed E-state index contributed by atoms with van der Waals surface area (Å²) in [5.41, 5.74) is -2.93. The van der Waals surface area contributed by atoms with Crippen molar-refractivity contribution < 1.29 is 22.4 Å². The van der Waals surface area contributed by atoms with E-state index in [2.05, 4.69) is 6.58 Å². The lowest BCUT2D eigenvalue weighted by Crippen LogP contribution is -2.39. The summed E-state index contributed by atoms with van der Waals surface area (Å²) in [7, 11) is 0. The topological polar surface area (TPSA) is 20.3 Å². The van der Waals surface area contributed by atoms with Crippen LogP contribution in [0.5, 0.6) is 0 Å². The van der Waals surface area contributed by atoms with Crippen molar-refractivity contribution in [2.75, 3.05) is 6.54 Å². The molecule has 0 N–H and O–H groups in total. The molecule has 2 fully saturated rings. The molecule has 1 aliphatic carbocycles. The molecule has 1 saturated heterocycles. The molecule has 14 heavy (non-hydrogen) atoms. The summed E-state index contributed by atoms with van der Waals surface area (Å²) in [6.45, 7) is 3.03. The molecular formula is C8H7F4NO. The summed E-state index contributed by atoms with van der Waals surface area (Å²) in [6.07, 6.45) is 0.594. The maximum atomic E-state index is 12.9. The predicted molar refractivity (Wildman–Crippen MR) is 39.2 cm³/mol. The highest BCUT2D eigenvalue weighted by Crippen LogP contribution is 2.70. The maximum absolute atomic E-state index is 12.9. The molecule has 1 aliphatic heterocycles. The van der Waals surface area contributed by atoms with Gasteiger partial charge in [-0.05, 0) is 6.20 Å². The van der Waals surface area contributed by atoms with Gasteiger partial charge < -0.3 is 4.90 Å². The predicted octanol–water partition coefficient (Wildman–Crippen LogP) is 1.43. The molecule has 1 saturated carbocycles. The summed E-state index contributed by atoms with van der Waals surface area (Å²) < 4.78 is 51.6. The Kier molecular flexibility index (Phi) is 1.44. The van der Waals surface area contributed by atoms with Gasteiger partial charge in [0.1, 0.15) is 0 Å². The van der Waals surface area contributed by atoms with Crippen LogP contribution in [0.3, 0.4) is 0 Å². The van der Waals surface area contributed by atoms with Crippen LogP contribution in [0.4, 0.5) is 17.6 Å². The minimum absolute atomic E-state index is 0.118. The van der Waals surface area contributed by atoms with Crippen LogP contribution < -0.4 is 0 Å². The average Bonchev–Trinajstić information content (AvgIpc) is 2.44. The lowest BCUT2D eigenvalue weighted by atomic mass is 10.1. The molecule has 0 aromatic carbocycles. The zero-order valence-electron chi connectivity index (χ0n) is 7.07. The smallest absolute Gasteiger partial charge is 0.349 e. The van der Waals surface area contributed by atoms with Gasteiger partial charge in [-0.2, -0.15) is 17.6 Å². The summed E-state index contributed by atoms with van der Waals surface area (Å²) in [4.78, 5) is 11.8. The van der Waals surface area contributed by atoms with Crippen LogP contribution in [0.2, 0.25) is 0 Å². The van der Waals surface area contributed by atoms with Gasteiger partial charge in [-0.15, -0.1) is 0 Å². The molecule has 0 aromatic rings. The zero-order valence-corrected chi connectivity index (χ0v) is 7.07. The molecule has 2 aliphatic rings. The number of carbonyl (C=O) groups excluding carboxylic acids is 1. The van der Waals surface area contributed by atoms with Crippen LogP contribution in [-0.2, 0) is 4.79 Å². The summed E-state index contributed by atoms with van der Waals surface area (Å²) >= 11 is 0. The first-order valence-corrected chi connectivity index (χ1v) is 4.02. The summed E-state index contributed by atoms with van der Waals surface area (Å²) in [5, 5.41) is 0. The van der Waals surface area contributed by atoms with Crippen LogP contribution in [0.25, 0.3) is 0 Å². The third kappa shape index (κ3) is 0.585. The monoisotopic (exact) mass is 209 g/mol. The van der Waals surface area contributed by atoms with Gasteiger partial charge in [0.2, 0.25) is 5.54 Å². The molecule has 0 aromatic heterocycles. The van der Waals surface area contributed by atoms with Gasteiger partial charge in [0.25, 0.3) is 0 Å². The molecule has 0 bridgehead atoms. The first kappa shape index (κ1) is 9.48. The number of likely N-dealkylation sites (tertiary alicyclic amines) is 1. The Hall–Kier alpha value is -1.07. The number of nitrogens with zero attached hydrogens (tertiary/aromatic N) is 1. The van der Waals surface area contributed by atoms with Crippen LogP contribution in [0.1, 0.15) is 6.42 Å². The van der Waals surface area contributed by atoms with Crippen molar-refractivity contribution in [2.24, 2.45) is 0 Å². The highest BCUT2D eigenvalue weighted by Gasteiger charge is 3.02. The third-order valence-corrected chi connectivity index (χ3v) is 2.88. The van der Waals surface area contributed by atoms with E-state index < -0.39 is 23.2 Å². The largest absolute Gasteiger partial charge is 0.355 e. The second-order valence-electron chi connectivity index (χ2n) is 3.41. The van der Waals surface area contributed by atoms with E-state index in [4.69, 9.17) is 0 Å². The number of hydrogen-bond donors (Lipinski definition) is 0. The van der Waals surface area contributed by atoms with E-state index in [0.717, 1.165) is 6.20 Å². The van der Waals surface area contributed by atoms with Gasteiger partial charge >= 0.3 is 11.8 Å². The first-order valence-electron chi connectivity index (χ1n) is 4.02. The normalized spacial score (nSPS) is 30.9. The number of ketones is 1. The minimum atomic E-state index is -4.26. The van der Waals surface area contributed by atoms with Crippen LogP contribution in [-0.4, -0.2) is 34.6 Å². The highest BCUT2D eigenvalue weighted by molar-refractivity contribution is 5.98. The molecule has 6 heteroatoms. The second kappa shape index (κ2) is 2.12. The number of halogens is 4. The lowest BCUT2D eigenvalue weighted by Gasteiger charge is -2.19. The van der Waals surface area contributed by atoms with Gasteiger partial charge in [-0.25, -0.2) is 0 Å². The zero-order chi connectivity index (χ0) is 10.8. The average molecular weight is 209 g/mol. The van der Waals surface area contributed by atoms with Gasteiger partial charge in [-0.1, -0.05) is 6.58 Å². The second-order valence-corrected chi connectivity index (χ2v) is 3.41. The minimum Gasteiger partial charge on any atom is -0.355 e. The number of carbonyl (C=O) groups is 1. The molecule has 1 heterocycles. The standard InChI is InChI=1S/C8H7F4NO/c1-2-13-4-3-5(14)6(13)7(9,10)8(6,11)12/h2H,1,3-4H2. The van der Waals surface area contributed by atoms with Crippen molar-refractivity contribution in [2.45, 2.75) is 23.8 Å². The number of rotatable bonds is 1. The fourth-order valence-electron chi connectivity index (χ4n) is 2.07. The maximum Gasteiger partial charge on any atom is 0.349 e. The van der Waals surface area contributed by atoms with Crippen LogP contribution >= 0.6 is 0 Å². The Bertz CT molecular complexity index is 311. The molecule has 0 radical (unpaired) electrons. The third-order valence-electron chi connectivity index (χ3n) is 2.88.